The lowest BCUT2D eigenvalue weighted by molar-refractivity contribution is -0.118. The Labute approximate surface area is 103 Å². The molecule has 0 aliphatic carbocycles. The molecule has 0 saturated carbocycles. The topological polar surface area (TPSA) is 66.9 Å². The van der Waals surface area contributed by atoms with Crippen LogP contribution in [0, 0.1) is 0 Å². The fourth-order valence-electron chi connectivity index (χ4n) is 1.73. The van der Waals surface area contributed by atoms with Crippen LogP contribution in [0.15, 0.2) is 12.4 Å². The summed E-state index contributed by atoms with van der Waals surface area (Å²) in [6.07, 6.45) is 3.16. The van der Waals surface area contributed by atoms with Crippen molar-refractivity contribution < 1.29 is 13.6 Å². The number of halogens is 2. The Morgan fingerprint density at radius 2 is 2.22 bits per heavy atom. The molecule has 1 aromatic heterocycles. The Bertz CT molecular complexity index is 435. The first-order chi connectivity index (χ1) is 8.50. The molecule has 1 unspecified atom stereocenters. The molecule has 0 aromatic carbocycles. The highest BCUT2D eigenvalue weighted by atomic mass is 19.3. The number of alkyl halides is 2. The number of amides is 1. The summed E-state index contributed by atoms with van der Waals surface area (Å²) < 4.78 is 25.9. The Kier molecular flexibility index (Phi) is 3.51. The molecule has 1 aliphatic heterocycles. The molecule has 0 bridgehead atoms. The predicted octanol–water partition coefficient (Wildman–Crippen LogP) is 0.975. The van der Waals surface area contributed by atoms with Crippen LogP contribution in [-0.4, -0.2) is 34.4 Å². The monoisotopic (exact) mass is 256 g/mol. The highest BCUT2D eigenvalue weighted by Crippen LogP contribution is 2.25. The van der Waals surface area contributed by atoms with Gasteiger partial charge >= 0.3 is 0 Å². The summed E-state index contributed by atoms with van der Waals surface area (Å²) in [5.41, 5.74) is 0.411. The smallest absolute Gasteiger partial charge is 0.262 e. The highest BCUT2D eigenvalue weighted by Gasteiger charge is 2.42. The summed E-state index contributed by atoms with van der Waals surface area (Å²) in [5, 5.41) is 5.00. The fraction of sp³-hybridized carbons (Fsp3) is 0.545. The molecule has 1 fully saturated rings. The van der Waals surface area contributed by atoms with Crippen molar-refractivity contribution in [3.8, 4) is 0 Å². The minimum Gasteiger partial charge on any atom is -0.322 e. The largest absolute Gasteiger partial charge is 0.322 e. The van der Waals surface area contributed by atoms with Gasteiger partial charge in [-0.1, -0.05) is 6.92 Å². The lowest BCUT2D eigenvalue weighted by Gasteiger charge is -2.10. The van der Waals surface area contributed by atoms with Crippen molar-refractivity contribution in [2.75, 3.05) is 11.9 Å². The highest BCUT2D eigenvalue weighted by molar-refractivity contribution is 5.94. The molecule has 1 atom stereocenters. The lowest BCUT2D eigenvalue weighted by Crippen LogP contribution is -2.35. The molecular formula is C11H14F2N4O. The van der Waals surface area contributed by atoms with Gasteiger partial charge in [-0.25, -0.2) is 18.7 Å². The number of anilines is 1. The number of aryl methyl sites for hydroxylation is 1. The first-order valence-electron chi connectivity index (χ1n) is 5.73. The van der Waals surface area contributed by atoms with Crippen LogP contribution < -0.4 is 10.6 Å². The summed E-state index contributed by atoms with van der Waals surface area (Å²) in [6.45, 7) is 1.45. The quantitative estimate of drug-likeness (QED) is 0.845. The van der Waals surface area contributed by atoms with Gasteiger partial charge in [-0.05, 0) is 0 Å². The van der Waals surface area contributed by atoms with Gasteiger partial charge in [0.15, 0.2) is 0 Å². The molecule has 0 radical (unpaired) electrons. The van der Waals surface area contributed by atoms with Gasteiger partial charge in [0, 0.05) is 12.8 Å². The average Bonchev–Trinajstić information content (AvgIpc) is 2.71. The number of hydrogen-bond donors (Lipinski definition) is 2. The molecule has 1 aliphatic rings. The van der Waals surface area contributed by atoms with Crippen molar-refractivity contribution in [3.63, 3.8) is 0 Å². The summed E-state index contributed by atoms with van der Waals surface area (Å²) in [7, 11) is 0. The van der Waals surface area contributed by atoms with E-state index >= 15 is 0 Å². The van der Waals surface area contributed by atoms with Gasteiger partial charge < -0.3 is 5.32 Å². The minimum atomic E-state index is -2.81. The van der Waals surface area contributed by atoms with Gasteiger partial charge in [0.25, 0.3) is 5.92 Å². The molecule has 1 amide bonds. The summed E-state index contributed by atoms with van der Waals surface area (Å²) in [5.74, 6) is -2.64. The van der Waals surface area contributed by atoms with Crippen LogP contribution in [0.25, 0.3) is 0 Å². The fourth-order valence-corrected chi connectivity index (χ4v) is 1.73. The maximum atomic E-state index is 12.9. The third-order valence-corrected chi connectivity index (χ3v) is 2.72. The average molecular weight is 256 g/mol. The maximum Gasteiger partial charge on any atom is 0.262 e. The summed E-state index contributed by atoms with van der Waals surface area (Å²) in [4.78, 5) is 19.7. The number of hydrogen-bond acceptors (Lipinski definition) is 4. The molecule has 1 aromatic rings. The molecule has 7 heteroatoms. The van der Waals surface area contributed by atoms with Crippen LogP contribution in [-0.2, 0) is 11.2 Å². The third-order valence-electron chi connectivity index (χ3n) is 2.72. The van der Waals surface area contributed by atoms with E-state index in [1.807, 2.05) is 6.92 Å². The van der Waals surface area contributed by atoms with Crippen LogP contribution in [0.2, 0.25) is 0 Å². The van der Waals surface area contributed by atoms with Crippen LogP contribution in [0.5, 0.6) is 0 Å². The number of nitrogens with zero attached hydrogens (tertiary/aromatic N) is 2. The molecule has 2 rings (SSSR count). The van der Waals surface area contributed by atoms with E-state index in [1.54, 1.807) is 0 Å². The van der Waals surface area contributed by atoms with Crippen LogP contribution >= 0.6 is 0 Å². The lowest BCUT2D eigenvalue weighted by atomic mass is 10.2. The predicted molar refractivity (Wildman–Crippen MR) is 61.4 cm³/mol. The zero-order valence-corrected chi connectivity index (χ0v) is 9.91. The second kappa shape index (κ2) is 4.93. The SMILES string of the molecule is CCc1ncc(NC(=O)C2CC(F)(F)CN2)cn1. The number of carbonyl (C=O) groups is 1. The second-order valence-electron chi connectivity index (χ2n) is 4.22. The maximum absolute atomic E-state index is 12.9. The number of nitrogens with one attached hydrogen (secondary N) is 2. The number of rotatable bonds is 3. The van der Waals surface area contributed by atoms with E-state index in [0.29, 0.717) is 17.9 Å². The molecule has 98 valence electrons. The minimum absolute atomic E-state index is 0.411. The number of aromatic nitrogens is 2. The van der Waals surface area contributed by atoms with E-state index in [1.165, 1.54) is 12.4 Å². The van der Waals surface area contributed by atoms with Crippen LogP contribution in [0.1, 0.15) is 19.2 Å². The Morgan fingerprint density at radius 1 is 1.56 bits per heavy atom. The van der Waals surface area contributed by atoms with E-state index in [-0.39, 0.29) is 0 Å². The van der Waals surface area contributed by atoms with Crippen molar-refractivity contribution in [1.29, 1.82) is 0 Å². The summed E-state index contributed by atoms with van der Waals surface area (Å²) >= 11 is 0. The molecule has 1 saturated heterocycles. The van der Waals surface area contributed by atoms with Gasteiger partial charge in [-0.15, -0.1) is 0 Å². The van der Waals surface area contributed by atoms with E-state index < -0.39 is 30.8 Å². The van der Waals surface area contributed by atoms with Crippen molar-refractivity contribution >= 4 is 11.6 Å². The Hall–Kier alpha value is -1.63. The number of carbonyl (C=O) groups excluding carboxylic acids is 1. The van der Waals surface area contributed by atoms with Gasteiger partial charge in [-0.3, -0.25) is 10.1 Å². The zero-order valence-electron chi connectivity index (χ0n) is 9.91. The molecule has 18 heavy (non-hydrogen) atoms. The molecule has 2 heterocycles. The Morgan fingerprint density at radius 3 is 2.72 bits per heavy atom. The van der Waals surface area contributed by atoms with Gasteiger partial charge in [0.1, 0.15) is 5.82 Å². The summed E-state index contributed by atoms with van der Waals surface area (Å²) in [6, 6.07) is -0.870. The van der Waals surface area contributed by atoms with E-state index in [0.717, 1.165) is 0 Å². The van der Waals surface area contributed by atoms with Crippen LogP contribution in [0.3, 0.4) is 0 Å². The van der Waals surface area contributed by atoms with Gasteiger partial charge in [-0.2, -0.15) is 0 Å². The van der Waals surface area contributed by atoms with Crippen molar-refractivity contribution in [2.24, 2.45) is 0 Å². The van der Waals surface area contributed by atoms with Crippen LogP contribution in [0.4, 0.5) is 14.5 Å². The molecular weight excluding hydrogens is 242 g/mol. The normalized spacial score (nSPS) is 21.8. The third kappa shape index (κ3) is 2.98. The van der Waals surface area contributed by atoms with Crippen molar-refractivity contribution in [2.45, 2.75) is 31.7 Å². The molecule has 0 spiro atoms. The van der Waals surface area contributed by atoms with E-state index in [2.05, 4.69) is 20.6 Å². The molecule has 2 N–H and O–H groups in total. The van der Waals surface area contributed by atoms with Crippen molar-refractivity contribution in [1.82, 2.24) is 15.3 Å². The first kappa shape index (κ1) is 12.8. The Balaban J connectivity index is 1.95. The van der Waals surface area contributed by atoms with E-state index in [9.17, 15) is 13.6 Å². The first-order valence-corrected chi connectivity index (χ1v) is 5.73. The van der Waals surface area contributed by atoms with Gasteiger partial charge in [0.2, 0.25) is 5.91 Å². The standard InChI is InChI=1S/C11H14F2N4O/c1-2-9-14-4-7(5-15-9)17-10(18)8-3-11(12,13)6-16-8/h4-5,8,16H,2-3,6H2,1H3,(H,17,18). The second-order valence-corrected chi connectivity index (χ2v) is 4.22. The zero-order chi connectivity index (χ0) is 13.2. The van der Waals surface area contributed by atoms with Gasteiger partial charge in [0.05, 0.1) is 30.7 Å². The van der Waals surface area contributed by atoms with E-state index in [4.69, 9.17) is 0 Å². The van der Waals surface area contributed by atoms with Crippen molar-refractivity contribution in [3.05, 3.63) is 18.2 Å². The molecule has 5 nitrogen and oxygen atoms in total.